The van der Waals surface area contributed by atoms with Crippen molar-refractivity contribution >= 4 is 34.8 Å². The number of hydrogen-bond donors (Lipinski definition) is 2. The smallest absolute Gasteiger partial charge is 0.241 e. The molecule has 2 N–H and O–H groups in total. The highest BCUT2D eigenvalue weighted by molar-refractivity contribution is 6.31. The number of anilines is 1. The zero-order valence-electron chi connectivity index (χ0n) is 14.9. The van der Waals surface area contributed by atoms with Crippen molar-refractivity contribution in [3.05, 3.63) is 64.1 Å². The molecule has 0 saturated carbocycles. The maximum absolute atomic E-state index is 12.9. The Morgan fingerprint density at radius 1 is 0.926 bits per heavy atom. The third-order valence-electron chi connectivity index (χ3n) is 5.24. The van der Waals surface area contributed by atoms with Gasteiger partial charge in [0.25, 0.3) is 0 Å². The Balaban J connectivity index is 1.32. The van der Waals surface area contributed by atoms with E-state index >= 15 is 0 Å². The minimum Gasteiger partial charge on any atom is -0.368 e. The van der Waals surface area contributed by atoms with Crippen molar-refractivity contribution in [1.82, 2.24) is 15.8 Å². The zero-order valence-corrected chi connectivity index (χ0v) is 16.4. The summed E-state index contributed by atoms with van der Waals surface area (Å²) in [5.41, 5.74) is 8.64. The molecule has 0 bridgehead atoms. The van der Waals surface area contributed by atoms with Gasteiger partial charge in [-0.15, -0.1) is 0 Å². The average molecular weight is 405 g/mol. The summed E-state index contributed by atoms with van der Waals surface area (Å²) >= 11 is 12.0. The van der Waals surface area contributed by atoms with Crippen LogP contribution in [0.1, 0.15) is 18.0 Å². The Morgan fingerprint density at radius 2 is 1.67 bits per heavy atom. The predicted octanol–water partition coefficient (Wildman–Crippen LogP) is 3.25. The molecule has 2 unspecified atom stereocenters. The Morgan fingerprint density at radius 3 is 2.37 bits per heavy atom. The lowest BCUT2D eigenvalue weighted by Gasteiger charge is -2.37. The summed E-state index contributed by atoms with van der Waals surface area (Å²) in [7, 11) is 0. The van der Waals surface area contributed by atoms with Crippen LogP contribution in [-0.4, -0.2) is 43.0 Å². The van der Waals surface area contributed by atoms with Gasteiger partial charge in [-0.2, -0.15) is 0 Å². The highest BCUT2D eigenvalue weighted by Crippen LogP contribution is 2.25. The minimum atomic E-state index is -0.205. The lowest BCUT2D eigenvalue weighted by atomic mass is 10.0. The van der Waals surface area contributed by atoms with Crippen molar-refractivity contribution < 1.29 is 4.79 Å². The van der Waals surface area contributed by atoms with E-state index in [1.54, 1.807) is 0 Å². The number of carbonyl (C=O) groups excluding carboxylic acids is 1. The van der Waals surface area contributed by atoms with E-state index in [0.717, 1.165) is 53.9 Å². The van der Waals surface area contributed by atoms with Crippen LogP contribution in [0, 0.1) is 0 Å². The molecular weight excluding hydrogens is 383 g/mol. The van der Waals surface area contributed by atoms with Crippen molar-refractivity contribution in [3.8, 4) is 0 Å². The summed E-state index contributed by atoms with van der Waals surface area (Å²) in [6.07, 6.45) is 0.731. The largest absolute Gasteiger partial charge is 0.368 e. The molecule has 0 aliphatic carbocycles. The van der Waals surface area contributed by atoms with Crippen molar-refractivity contribution in [1.29, 1.82) is 0 Å². The number of carbonyl (C=O) groups is 1. The SMILES string of the molecule is O=C(C1CC(c2ccc(Cl)cc2)NN1)N1CCN(c2cccc(Cl)c2)CC1. The van der Waals surface area contributed by atoms with E-state index in [9.17, 15) is 4.79 Å². The summed E-state index contributed by atoms with van der Waals surface area (Å²) in [6.45, 7) is 3.06. The van der Waals surface area contributed by atoms with Gasteiger partial charge in [-0.05, 0) is 42.3 Å². The molecule has 0 radical (unpaired) electrons. The van der Waals surface area contributed by atoms with Crippen LogP contribution in [0.25, 0.3) is 0 Å². The Bertz CT molecular complexity index is 806. The van der Waals surface area contributed by atoms with Gasteiger partial charge in [-0.25, -0.2) is 10.9 Å². The normalized spacial score (nSPS) is 22.9. The number of rotatable bonds is 3. The number of hydrogen-bond acceptors (Lipinski definition) is 4. The van der Waals surface area contributed by atoms with Crippen LogP contribution in [0.2, 0.25) is 10.0 Å². The zero-order chi connectivity index (χ0) is 18.8. The van der Waals surface area contributed by atoms with Gasteiger partial charge in [0, 0.05) is 48.0 Å². The first-order valence-corrected chi connectivity index (χ1v) is 9.91. The fourth-order valence-corrected chi connectivity index (χ4v) is 4.02. The lowest BCUT2D eigenvalue weighted by Crippen LogP contribution is -2.53. The summed E-state index contributed by atoms with van der Waals surface area (Å²) in [4.78, 5) is 17.1. The number of nitrogens with zero attached hydrogens (tertiary/aromatic N) is 2. The van der Waals surface area contributed by atoms with Crippen molar-refractivity contribution in [2.45, 2.75) is 18.5 Å². The molecule has 2 aliphatic heterocycles. The molecule has 2 saturated heterocycles. The molecule has 2 fully saturated rings. The maximum Gasteiger partial charge on any atom is 0.241 e. The average Bonchev–Trinajstić information content (AvgIpc) is 3.18. The van der Waals surface area contributed by atoms with E-state index in [4.69, 9.17) is 23.2 Å². The van der Waals surface area contributed by atoms with Gasteiger partial charge in [-0.3, -0.25) is 4.79 Å². The van der Waals surface area contributed by atoms with Gasteiger partial charge in [0.05, 0.1) is 0 Å². The fraction of sp³-hybridized carbons (Fsp3) is 0.350. The Kier molecular flexibility index (Phi) is 5.55. The monoisotopic (exact) mass is 404 g/mol. The fourth-order valence-electron chi connectivity index (χ4n) is 3.71. The Hall–Kier alpha value is -1.79. The van der Waals surface area contributed by atoms with E-state index in [1.807, 2.05) is 47.4 Å². The molecule has 2 aromatic carbocycles. The standard InChI is InChI=1S/C20H22Cl2N4O/c21-15-6-4-14(5-7-15)18-13-19(24-23-18)20(27)26-10-8-25(9-11-26)17-3-1-2-16(22)12-17/h1-7,12,18-19,23-24H,8-11,13H2. The van der Waals surface area contributed by atoms with Gasteiger partial charge < -0.3 is 9.80 Å². The first-order valence-electron chi connectivity index (χ1n) is 9.16. The van der Waals surface area contributed by atoms with Gasteiger partial charge in [-0.1, -0.05) is 41.4 Å². The summed E-state index contributed by atoms with van der Waals surface area (Å²) in [6, 6.07) is 15.5. The van der Waals surface area contributed by atoms with Crippen LogP contribution in [0.3, 0.4) is 0 Å². The van der Waals surface area contributed by atoms with E-state index < -0.39 is 0 Å². The van der Waals surface area contributed by atoms with E-state index in [1.165, 1.54) is 0 Å². The molecule has 1 amide bonds. The van der Waals surface area contributed by atoms with Gasteiger partial charge in [0.2, 0.25) is 5.91 Å². The van der Waals surface area contributed by atoms with Crippen LogP contribution in [0.5, 0.6) is 0 Å². The molecule has 27 heavy (non-hydrogen) atoms. The van der Waals surface area contributed by atoms with Crippen molar-refractivity contribution in [3.63, 3.8) is 0 Å². The van der Waals surface area contributed by atoms with E-state index in [2.05, 4.69) is 21.8 Å². The summed E-state index contributed by atoms with van der Waals surface area (Å²) in [5, 5.41) is 1.45. The van der Waals surface area contributed by atoms with E-state index in [-0.39, 0.29) is 18.0 Å². The number of amides is 1. The molecule has 2 aromatic rings. The molecule has 2 heterocycles. The first kappa shape index (κ1) is 18.6. The molecule has 7 heteroatoms. The quantitative estimate of drug-likeness (QED) is 0.823. The number of benzene rings is 2. The second-order valence-corrected chi connectivity index (χ2v) is 7.85. The van der Waals surface area contributed by atoms with Crippen molar-refractivity contribution in [2.75, 3.05) is 31.1 Å². The van der Waals surface area contributed by atoms with Gasteiger partial charge in [0.15, 0.2) is 0 Å². The van der Waals surface area contributed by atoms with Gasteiger partial charge in [0.1, 0.15) is 6.04 Å². The predicted molar refractivity (Wildman–Crippen MR) is 109 cm³/mol. The minimum absolute atomic E-state index is 0.115. The summed E-state index contributed by atoms with van der Waals surface area (Å²) in [5.74, 6) is 0.157. The van der Waals surface area contributed by atoms with Crippen LogP contribution in [0.4, 0.5) is 5.69 Å². The molecule has 0 aromatic heterocycles. The molecule has 0 spiro atoms. The number of halogens is 2. The highest BCUT2D eigenvalue weighted by Gasteiger charge is 2.34. The van der Waals surface area contributed by atoms with Crippen LogP contribution in [-0.2, 0) is 4.79 Å². The second-order valence-electron chi connectivity index (χ2n) is 6.97. The molecule has 142 valence electrons. The third-order valence-corrected chi connectivity index (χ3v) is 5.73. The number of hydrazine groups is 1. The molecular formula is C20H22Cl2N4O. The van der Waals surface area contributed by atoms with Crippen LogP contribution >= 0.6 is 23.2 Å². The highest BCUT2D eigenvalue weighted by atomic mass is 35.5. The number of nitrogens with one attached hydrogen (secondary N) is 2. The number of piperazine rings is 1. The first-order chi connectivity index (χ1) is 13.1. The van der Waals surface area contributed by atoms with E-state index in [0.29, 0.717) is 0 Å². The topological polar surface area (TPSA) is 47.6 Å². The molecule has 2 aliphatic rings. The molecule has 4 rings (SSSR count). The van der Waals surface area contributed by atoms with Crippen molar-refractivity contribution in [2.24, 2.45) is 0 Å². The van der Waals surface area contributed by atoms with Gasteiger partial charge >= 0.3 is 0 Å². The maximum atomic E-state index is 12.9. The summed E-state index contributed by atoms with van der Waals surface area (Å²) < 4.78 is 0. The molecule has 2 atom stereocenters. The molecule has 5 nitrogen and oxygen atoms in total. The lowest BCUT2D eigenvalue weighted by molar-refractivity contribution is -0.133. The van der Waals surface area contributed by atoms with Crippen LogP contribution in [0.15, 0.2) is 48.5 Å². The van der Waals surface area contributed by atoms with Crippen LogP contribution < -0.4 is 15.8 Å². The third kappa shape index (κ3) is 4.22. The second kappa shape index (κ2) is 8.07. The Labute approximate surface area is 169 Å².